The highest BCUT2D eigenvalue weighted by Gasteiger charge is 2.13. The number of halogens is 1. The molecule has 3 heteroatoms. The van der Waals surface area contributed by atoms with E-state index in [9.17, 15) is 9.50 Å². The fourth-order valence-corrected chi connectivity index (χ4v) is 1.71. The van der Waals surface area contributed by atoms with Gasteiger partial charge >= 0.3 is 0 Å². The Morgan fingerprint density at radius 3 is 2.54 bits per heavy atom. The van der Waals surface area contributed by atoms with E-state index in [1.807, 2.05) is 0 Å². The van der Waals surface area contributed by atoms with Crippen LogP contribution in [0.2, 0.25) is 0 Å². The molecule has 0 radical (unpaired) electrons. The molecule has 0 saturated heterocycles. The van der Waals surface area contributed by atoms with Crippen molar-refractivity contribution in [3.8, 4) is 0 Å². The van der Waals surface area contributed by atoms with Crippen LogP contribution in [-0.4, -0.2) is 16.5 Å². The number of aliphatic hydroxyl groups is 1. The molecule has 13 heavy (non-hydrogen) atoms. The van der Waals surface area contributed by atoms with Gasteiger partial charge in [-0.25, -0.2) is 4.39 Å². The first-order chi connectivity index (χ1) is 5.99. The summed E-state index contributed by atoms with van der Waals surface area (Å²) >= 11 is 1.33. The first kappa shape index (κ1) is 10.5. The van der Waals surface area contributed by atoms with Gasteiger partial charge in [-0.2, -0.15) is 0 Å². The average Bonchev–Trinajstić information content (AvgIpc) is 2.01. The monoisotopic (exact) mass is 200 g/mol. The molecular formula is C10H13FOS. The molecule has 0 aliphatic heterocycles. The summed E-state index contributed by atoms with van der Waals surface area (Å²) in [5.41, 5.74) is -0.757. The van der Waals surface area contributed by atoms with E-state index in [-0.39, 0.29) is 5.82 Å². The number of hydrogen-bond acceptors (Lipinski definition) is 2. The van der Waals surface area contributed by atoms with E-state index in [4.69, 9.17) is 0 Å². The molecule has 0 fully saturated rings. The number of rotatable bonds is 3. The Hall–Kier alpha value is -0.540. The summed E-state index contributed by atoms with van der Waals surface area (Å²) in [4.78, 5) is 0.588. The van der Waals surface area contributed by atoms with Gasteiger partial charge in [0.25, 0.3) is 0 Å². The third-order valence-electron chi connectivity index (χ3n) is 1.42. The first-order valence-electron chi connectivity index (χ1n) is 4.09. The standard InChI is InChI=1S/C10H13FOS/c1-10(2,12)7-13-9-6-4-3-5-8(9)11/h3-6,12H,7H2,1-2H3. The number of benzene rings is 1. The lowest BCUT2D eigenvalue weighted by molar-refractivity contribution is 0.107. The van der Waals surface area contributed by atoms with Gasteiger partial charge in [-0.3, -0.25) is 0 Å². The molecule has 1 aromatic carbocycles. The summed E-state index contributed by atoms with van der Waals surface area (Å²) < 4.78 is 13.1. The smallest absolute Gasteiger partial charge is 0.136 e. The minimum Gasteiger partial charge on any atom is -0.390 e. The second-order valence-corrected chi connectivity index (χ2v) is 4.55. The van der Waals surface area contributed by atoms with E-state index in [0.29, 0.717) is 10.6 Å². The van der Waals surface area contributed by atoms with Crippen LogP contribution in [0.3, 0.4) is 0 Å². The molecule has 0 unspecified atom stereocenters. The van der Waals surface area contributed by atoms with E-state index in [1.54, 1.807) is 32.0 Å². The Morgan fingerprint density at radius 1 is 1.38 bits per heavy atom. The Balaban J connectivity index is 2.60. The number of thioether (sulfide) groups is 1. The second-order valence-electron chi connectivity index (χ2n) is 3.53. The minimum atomic E-state index is -0.757. The molecule has 1 aromatic rings. The van der Waals surface area contributed by atoms with E-state index in [0.717, 1.165) is 0 Å². The van der Waals surface area contributed by atoms with Crippen LogP contribution in [0.1, 0.15) is 13.8 Å². The van der Waals surface area contributed by atoms with Gasteiger partial charge in [0.1, 0.15) is 5.82 Å². The minimum absolute atomic E-state index is 0.225. The van der Waals surface area contributed by atoms with Crippen molar-refractivity contribution in [2.24, 2.45) is 0 Å². The Morgan fingerprint density at radius 2 is 2.00 bits per heavy atom. The van der Waals surface area contributed by atoms with Crippen molar-refractivity contribution >= 4 is 11.8 Å². The van der Waals surface area contributed by atoms with Crippen molar-refractivity contribution in [1.82, 2.24) is 0 Å². The van der Waals surface area contributed by atoms with Crippen LogP contribution in [0, 0.1) is 5.82 Å². The van der Waals surface area contributed by atoms with Gasteiger partial charge in [0.05, 0.1) is 5.60 Å². The second kappa shape index (κ2) is 4.11. The molecule has 0 saturated carbocycles. The van der Waals surface area contributed by atoms with Crippen molar-refractivity contribution in [3.05, 3.63) is 30.1 Å². The lowest BCUT2D eigenvalue weighted by Crippen LogP contribution is -2.21. The topological polar surface area (TPSA) is 20.2 Å². The molecule has 1 nitrogen and oxygen atoms in total. The van der Waals surface area contributed by atoms with Crippen LogP contribution < -0.4 is 0 Å². The van der Waals surface area contributed by atoms with E-state index in [1.165, 1.54) is 17.8 Å². The average molecular weight is 200 g/mol. The van der Waals surface area contributed by atoms with Crippen molar-refractivity contribution in [1.29, 1.82) is 0 Å². The lowest BCUT2D eigenvalue weighted by Gasteiger charge is -2.16. The number of hydrogen-bond donors (Lipinski definition) is 1. The maximum absolute atomic E-state index is 13.1. The van der Waals surface area contributed by atoms with Crippen molar-refractivity contribution in [3.63, 3.8) is 0 Å². The summed E-state index contributed by atoms with van der Waals surface area (Å²) in [5.74, 6) is 0.269. The molecule has 0 heterocycles. The predicted molar refractivity (Wildman–Crippen MR) is 53.4 cm³/mol. The van der Waals surface area contributed by atoms with Crippen LogP contribution in [0.15, 0.2) is 29.2 Å². The normalized spacial score (nSPS) is 11.7. The molecular weight excluding hydrogens is 187 g/mol. The van der Waals surface area contributed by atoms with Gasteiger partial charge in [0.15, 0.2) is 0 Å². The van der Waals surface area contributed by atoms with Gasteiger partial charge in [0, 0.05) is 10.6 Å². The third-order valence-corrected chi connectivity index (χ3v) is 2.91. The van der Waals surface area contributed by atoms with Crippen LogP contribution >= 0.6 is 11.8 Å². The zero-order valence-corrected chi connectivity index (χ0v) is 8.57. The third kappa shape index (κ3) is 3.79. The Labute approximate surface area is 82.0 Å². The molecule has 0 aliphatic rings. The Kier molecular flexibility index (Phi) is 3.33. The van der Waals surface area contributed by atoms with Crippen LogP contribution in [-0.2, 0) is 0 Å². The van der Waals surface area contributed by atoms with Crippen molar-refractivity contribution in [2.45, 2.75) is 24.3 Å². The predicted octanol–water partition coefficient (Wildman–Crippen LogP) is 2.69. The van der Waals surface area contributed by atoms with Crippen molar-refractivity contribution in [2.75, 3.05) is 5.75 Å². The fraction of sp³-hybridized carbons (Fsp3) is 0.400. The maximum Gasteiger partial charge on any atom is 0.136 e. The molecule has 0 aromatic heterocycles. The largest absolute Gasteiger partial charge is 0.390 e. The lowest BCUT2D eigenvalue weighted by atomic mass is 10.2. The summed E-state index contributed by atoms with van der Waals surface area (Å²) in [5, 5.41) is 9.43. The van der Waals surface area contributed by atoms with Gasteiger partial charge in [0.2, 0.25) is 0 Å². The van der Waals surface area contributed by atoms with Gasteiger partial charge in [-0.05, 0) is 26.0 Å². The highest BCUT2D eigenvalue weighted by molar-refractivity contribution is 7.99. The fourth-order valence-electron chi connectivity index (χ4n) is 0.816. The molecule has 0 atom stereocenters. The van der Waals surface area contributed by atoms with E-state index >= 15 is 0 Å². The molecule has 0 bridgehead atoms. The summed E-state index contributed by atoms with van der Waals surface area (Å²) in [6.45, 7) is 3.42. The highest BCUT2D eigenvalue weighted by atomic mass is 32.2. The summed E-state index contributed by atoms with van der Waals surface area (Å²) in [6, 6.07) is 6.58. The van der Waals surface area contributed by atoms with Gasteiger partial charge in [-0.1, -0.05) is 12.1 Å². The molecule has 0 amide bonds. The van der Waals surface area contributed by atoms with E-state index in [2.05, 4.69) is 0 Å². The molecule has 1 N–H and O–H groups in total. The Bertz CT molecular complexity index is 280. The SMILES string of the molecule is CC(C)(O)CSc1ccccc1F. The molecule has 0 aliphatic carbocycles. The molecule has 0 spiro atoms. The first-order valence-corrected chi connectivity index (χ1v) is 5.07. The maximum atomic E-state index is 13.1. The zero-order valence-electron chi connectivity index (χ0n) is 7.75. The molecule has 1 rings (SSSR count). The van der Waals surface area contributed by atoms with Gasteiger partial charge < -0.3 is 5.11 Å². The highest BCUT2D eigenvalue weighted by Crippen LogP contribution is 2.24. The van der Waals surface area contributed by atoms with E-state index < -0.39 is 5.60 Å². The van der Waals surface area contributed by atoms with Gasteiger partial charge in [-0.15, -0.1) is 11.8 Å². The molecule has 72 valence electrons. The van der Waals surface area contributed by atoms with Crippen LogP contribution in [0.5, 0.6) is 0 Å². The van der Waals surface area contributed by atoms with Crippen LogP contribution in [0.4, 0.5) is 4.39 Å². The quantitative estimate of drug-likeness (QED) is 0.757. The van der Waals surface area contributed by atoms with Crippen molar-refractivity contribution < 1.29 is 9.50 Å². The summed E-state index contributed by atoms with van der Waals surface area (Å²) in [7, 11) is 0. The summed E-state index contributed by atoms with van der Waals surface area (Å²) in [6.07, 6.45) is 0. The zero-order chi connectivity index (χ0) is 9.90. The van der Waals surface area contributed by atoms with Crippen LogP contribution in [0.25, 0.3) is 0 Å².